The van der Waals surface area contributed by atoms with E-state index in [2.05, 4.69) is 5.32 Å². The van der Waals surface area contributed by atoms with E-state index in [1.807, 2.05) is 4.90 Å². The Balaban J connectivity index is 1.56. The zero-order valence-corrected chi connectivity index (χ0v) is 17.4. The van der Waals surface area contributed by atoms with Gasteiger partial charge in [0.25, 0.3) is 0 Å². The second-order valence-electron chi connectivity index (χ2n) is 7.14. The number of hydrogen-bond acceptors (Lipinski definition) is 10. The molecule has 1 aliphatic carbocycles. The number of nitrogens with one attached hydrogen (secondary N) is 1. The molecule has 0 aromatic heterocycles. The number of ketones is 2. The molecule has 0 spiro atoms. The third-order valence-corrected chi connectivity index (χ3v) is 8.18. The Morgan fingerprint density at radius 1 is 1.25 bits per heavy atom. The van der Waals surface area contributed by atoms with Crippen LogP contribution in [0.25, 0.3) is 0 Å². The van der Waals surface area contributed by atoms with Crippen molar-refractivity contribution < 1.29 is 29.3 Å². The van der Waals surface area contributed by atoms with Crippen molar-refractivity contribution in [1.29, 1.82) is 0 Å². The van der Waals surface area contributed by atoms with Gasteiger partial charge in [-0.2, -0.15) is 0 Å². The third-order valence-electron chi connectivity index (χ3n) is 5.83. The molecule has 28 heavy (non-hydrogen) atoms. The van der Waals surface area contributed by atoms with Crippen LogP contribution >= 0.6 is 21.6 Å². The zero-order chi connectivity index (χ0) is 20.1. The van der Waals surface area contributed by atoms with Gasteiger partial charge in [0.15, 0.2) is 11.5 Å². The molecule has 4 rings (SSSR count). The number of piperazine rings is 1. The van der Waals surface area contributed by atoms with E-state index in [0.717, 1.165) is 0 Å². The molecular weight excluding hydrogens is 404 g/mol. The number of carbonyl (C=O) groups is 2. The van der Waals surface area contributed by atoms with Gasteiger partial charge in [0.2, 0.25) is 11.6 Å². The second-order valence-corrected chi connectivity index (χ2v) is 9.85. The van der Waals surface area contributed by atoms with Crippen LogP contribution in [0.1, 0.15) is 6.92 Å². The average molecular weight is 429 g/mol. The molecule has 0 amide bonds. The molecule has 0 aromatic rings. The molecule has 10 heteroatoms. The summed E-state index contributed by atoms with van der Waals surface area (Å²) < 4.78 is 11.6. The van der Waals surface area contributed by atoms with Crippen molar-refractivity contribution in [1.82, 2.24) is 10.2 Å². The maximum absolute atomic E-state index is 13.3. The fourth-order valence-electron chi connectivity index (χ4n) is 4.63. The lowest BCUT2D eigenvalue weighted by atomic mass is 9.83. The van der Waals surface area contributed by atoms with Crippen LogP contribution in [0.5, 0.6) is 0 Å². The Labute approximate surface area is 171 Å². The number of aliphatic hydroxyl groups excluding tert-OH is 2. The summed E-state index contributed by atoms with van der Waals surface area (Å²) in [6.07, 6.45) is 0. The number of Topliss-reactive ketones (excluding diaryl/α,β-unsaturated/α-hetero) is 2. The molecule has 154 valence electrons. The van der Waals surface area contributed by atoms with E-state index in [4.69, 9.17) is 14.6 Å². The Morgan fingerprint density at radius 3 is 2.68 bits per heavy atom. The molecule has 2 saturated heterocycles. The van der Waals surface area contributed by atoms with Crippen LogP contribution in [0.15, 0.2) is 22.6 Å². The molecule has 0 saturated carbocycles. The van der Waals surface area contributed by atoms with Crippen molar-refractivity contribution in [2.45, 2.75) is 24.7 Å². The Morgan fingerprint density at radius 2 is 2.00 bits per heavy atom. The van der Waals surface area contributed by atoms with Crippen molar-refractivity contribution in [2.75, 3.05) is 45.0 Å². The van der Waals surface area contributed by atoms with Crippen molar-refractivity contribution in [3.05, 3.63) is 22.6 Å². The molecule has 3 heterocycles. The molecule has 3 N–H and O–H groups in total. The van der Waals surface area contributed by atoms with Gasteiger partial charge in [0.05, 0.1) is 37.5 Å². The maximum Gasteiger partial charge on any atom is 0.226 e. The molecule has 4 unspecified atom stereocenters. The van der Waals surface area contributed by atoms with Gasteiger partial charge in [-0.15, -0.1) is 0 Å². The fraction of sp³-hybridized carbons (Fsp3) is 0.667. The quantitative estimate of drug-likeness (QED) is 0.195. The normalized spacial score (nSPS) is 33.4. The van der Waals surface area contributed by atoms with Crippen LogP contribution in [0, 0.1) is 5.92 Å². The highest BCUT2D eigenvalue weighted by Crippen LogP contribution is 2.55. The van der Waals surface area contributed by atoms with Gasteiger partial charge in [0, 0.05) is 42.3 Å². The number of carbonyl (C=O) groups excluding carboxylic acids is 2. The number of fused-ring (bicyclic) bond motifs is 4. The molecule has 0 radical (unpaired) electrons. The van der Waals surface area contributed by atoms with Crippen LogP contribution in [-0.4, -0.2) is 89.5 Å². The lowest BCUT2D eigenvalue weighted by Gasteiger charge is -2.39. The summed E-state index contributed by atoms with van der Waals surface area (Å²) >= 11 is 0. The minimum absolute atomic E-state index is 0.00882. The first kappa shape index (κ1) is 20.2. The van der Waals surface area contributed by atoms with E-state index in [-0.39, 0.29) is 49.2 Å². The first-order chi connectivity index (χ1) is 13.5. The van der Waals surface area contributed by atoms with Gasteiger partial charge in [-0.1, -0.05) is 21.6 Å². The Hall–Kier alpha value is -1.04. The molecule has 0 aromatic carbocycles. The van der Waals surface area contributed by atoms with Crippen molar-refractivity contribution in [2.24, 2.45) is 5.92 Å². The van der Waals surface area contributed by atoms with Crippen LogP contribution in [0.4, 0.5) is 0 Å². The minimum Gasteiger partial charge on any atom is -0.488 e. The van der Waals surface area contributed by atoms with Gasteiger partial charge in [-0.25, -0.2) is 0 Å². The molecule has 8 nitrogen and oxygen atoms in total. The summed E-state index contributed by atoms with van der Waals surface area (Å²) in [6.45, 7) is 2.31. The lowest BCUT2D eigenvalue weighted by Crippen LogP contribution is -2.54. The first-order valence-electron chi connectivity index (χ1n) is 9.25. The standard InChI is InChI=1S/C18H24N2O6S2/c1-9-14(23)13-12(15(24)16(9)26-4-6-28-27-5-3-21)10(8-22)18(25-2)17-11(19-17)7-20(13)18/h10-11,17,19,21-22H,3-8H2,1-2H3. The van der Waals surface area contributed by atoms with E-state index in [9.17, 15) is 14.7 Å². The summed E-state index contributed by atoms with van der Waals surface area (Å²) in [5, 5.41) is 22.2. The smallest absolute Gasteiger partial charge is 0.226 e. The summed E-state index contributed by atoms with van der Waals surface area (Å²) in [6, 6.07) is 0.201. The van der Waals surface area contributed by atoms with Crippen LogP contribution in [-0.2, 0) is 19.1 Å². The minimum atomic E-state index is -0.901. The van der Waals surface area contributed by atoms with Gasteiger partial charge < -0.3 is 29.9 Å². The molecule has 2 fully saturated rings. The molecule has 3 aliphatic heterocycles. The summed E-state index contributed by atoms with van der Waals surface area (Å²) in [5.74, 6) is 0.161. The third kappa shape index (κ3) is 2.77. The predicted molar refractivity (Wildman–Crippen MR) is 105 cm³/mol. The number of allylic oxidation sites excluding steroid dienone is 2. The number of aliphatic hydroxyl groups is 2. The number of nitrogens with zero attached hydrogens (tertiary/aromatic N) is 1. The SMILES string of the molecule is COC12C(CO)C3=C(C(=O)C(C)=C(OCCSSCCO)C3=O)N1CC1NC12. The summed E-state index contributed by atoms with van der Waals surface area (Å²) in [7, 11) is 4.63. The number of methoxy groups -OCH3 is 1. The van der Waals surface area contributed by atoms with Gasteiger partial charge in [-0.3, -0.25) is 9.59 Å². The van der Waals surface area contributed by atoms with E-state index in [1.54, 1.807) is 24.8 Å². The number of hydrogen-bond donors (Lipinski definition) is 3. The van der Waals surface area contributed by atoms with Crippen molar-refractivity contribution in [3.8, 4) is 0 Å². The van der Waals surface area contributed by atoms with E-state index in [1.165, 1.54) is 10.8 Å². The lowest BCUT2D eigenvalue weighted by molar-refractivity contribution is -0.137. The topological polar surface area (TPSA) is 118 Å². The monoisotopic (exact) mass is 428 g/mol. The average Bonchev–Trinajstić information content (AvgIpc) is 3.30. The Kier molecular flexibility index (Phi) is 5.54. The van der Waals surface area contributed by atoms with Gasteiger partial charge in [-0.05, 0) is 6.92 Å². The molecule has 0 bridgehead atoms. The maximum atomic E-state index is 13.3. The van der Waals surface area contributed by atoms with E-state index < -0.39 is 11.6 Å². The van der Waals surface area contributed by atoms with Crippen LogP contribution in [0.2, 0.25) is 0 Å². The van der Waals surface area contributed by atoms with Crippen LogP contribution < -0.4 is 5.32 Å². The number of ether oxygens (including phenoxy) is 2. The summed E-state index contributed by atoms with van der Waals surface area (Å²) in [5.41, 5.74) is 0.0676. The summed E-state index contributed by atoms with van der Waals surface area (Å²) in [4.78, 5) is 28.3. The van der Waals surface area contributed by atoms with Gasteiger partial charge >= 0.3 is 0 Å². The molecule has 4 aliphatic rings. The van der Waals surface area contributed by atoms with Gasteiger partial charge in [0.1, 0.15) is 0 Å². The zero-order valence-electron chi connectivity index (χ0n) is 15.8. The Bertz CT molecular complexity index is 769. The highest BCUT2D eigenvalue weighted by Gasteiger charge is 2.72. The van der Waals surface area contributed by atoms with Crippen molar-refractivity contribution in [3.63, 3.8) is 0 Å². The highest BCUT2D eigenvalue weighted by molar-refractivity contribution is 8.76. The first-order valence-corrected chi connectivity index (χ1v) is 11.7. The van der Waals surface area contributed by atoms with Crippen LogP contribution in [0.3, 0.4) is 0 Å². The second kappa shape index (κ2) is 7.66. The molecular formula is C18H24N2O6S2. The van der Waals surface area contributed by atoms with E-state index >= 15 is 0 Å². The largest absolute Gasteiger partial charge is 0.488 e. The molecule has 4 atom stereocenters. The fourth-order valence-corrected chi connectivity index (χ4v) is 6.22. The number of rotatable bonds is 9. The highest BCUT2D eigenvalue weighted by atomic mass is 33.1. The van der Waals surface area contributed by atoms with Crippen molar-refractivity contribution >= 4 is 33.2 Å². The van der Waals surface area contributed by atoms with E-state index in [0.29, 0.717) is 34.9 Å². The predicted octanol–water partition coefficient (Wildman–Crippen LogP) is -0.323.